The van der Waals surface area contributed by atoms with Crippen molar-refractivity contribution in [2.45, 2.75) is 18.9 Å². The van der Waals surface area contributed by atoms with Crippen LogP contribution in [-0.4, -0.2) is 49.2 Å². The highest BCUT2D eigenvalue weighted by molar-refractivity contribution is 5.96. The number of hydrogen-bond acceptors (Lipinski definition) is 7. The summed E-state index contributed by atoms with van der Waals surface area (Å²) in [5, 5.41) is 12.3. The molecular weight excluding hydrogens is 346 g/mol. The summed E-state index contributed by atoms with van der Waals surface area (Å²) in [5.41, 5.74) is 0.936. The summed E-state index contributed by atoms with van der Waals surface area (Å²) >= 11 is 0. The molecule has 1 N–H and O–H groups in total. The molecule has 0 saturated carbocycles. The van der Waals surface area contributed by atoms with Gasteiger partial charge >= 0.3 is 0 Å². The lowest BCUT2D eigenvalue weighted by Gasteiger charge is -2.33. The Hall–Kier alpha value is -3.34. The summed E-state index contributed by atoms with van der Waals surface area (Å²) in [4.78, 5) is 23.2. The van der Waals surface area contributed by atoms with E-state index in [0.29, 0.717) is 35.9 Å². The minimum atomic E-state index is -0.226. The highest BCUT2D eigenvalue weighted by atomic mass is 16.5. The molecule has 0 atom stereocenters. The monoisotopic (exact) mass is 367 g/mol. The summed E-state index contributed by atoms with van der Waals surface area (Å²) in [6.45, 7) is 1.43. The van der Waals surface area contributed by atoms with Gasteiger partial charge in [-0.2, -0.15) is 10.2 Å². The molecule has 0 radical (unpaired) electrons. The molecule has 0 unspecified atom stereocenters. The number of rotatable bonds is 5. The van der Waals surface area contributed by atoms with Crippen LogP contribution in [0, 0.1) is 11.3 Å². The molecule has 1 fully saturated rings. The first-order valence-electron chi connectivity index (χ1n) is 8.66. The lowest BCUT2D eigenvalue weighted by atomic mass is 10.0. The maximum absolute atomic E-state index is 12.6. The van der Waals surface area contributed by atoms with Crippen molar-refractivity contribution in [2.75, 3.05) is 32.2 Å². The third-order valence-corrected chi connectivity index (χ3v) is 4.52. The van der Waals surface area contributed by atoms with Crippen molar-refractivity contribution >= 4 is 11.7 Å². The summed E-state index contributed by atoms with van der Waals surface area (Å²) in [7, 11) is 2.98. The number of nitrogens with zero attached hydrogens (tertiary/aromatic N) is 4. The van der Waals surface area contributed by atoms with E-state index in [1.807, 2.05) is 0 Å². The predicted octanol–water partition coefficient (Wildman–Crippen LogP) is 1.76. The molecular formula is C19H21N5O3. The Morgan fingerprint density at radius 3 is 2.70 bits per heavy atom. The molecule has 1 saturated heterocycles. The number of hydrogen-bond donors (Lipinski definition) is 1. The largest absolute Gasteiger partial charge is 0.481 e. The first-order valence-corrected chi connectivity index (χ1v) is 8.66. The second-order valence-electron chi connectivity index (χ2n) is 6.13. The quantitative estimate of drug-likeness (QED) is 0.859. The average Bonchev–Trinajstić information content (AvgIpc) is 2.73. The van der Waals surface area contributed by atoms with Crippen molar-refractivity contribution in [3.63, 3.8) is 0 Å². The number of aromatic nitrogens is 2. The number of nitriles is 1. The molecule has 0 aromatic carbocycles. The fourth-order valence-electron chi connectivity index (χ4n) is 3.10. The minimum absolute atomic E-state index is 0.0369. The van der Waals surface area contributed by atoms with E-state index in [2.05, 4.69) is 26.3 Å². The maximum Gasteiger partial charge on any atom is 0.256 e. The first kappa shape index (κ1) is 18.5. The van der Waals surface area contributed by atoms with Crippen molar-refractivity contribution < 1.29 is 14.3 Å². The zero-order valence-corrected chi connectivity index (χ0v) is 15.3. The zero-order chi connectivity index (χ0) is 19.2. The van der Waals surface area contributed by atoms with E-state index in [-0.39, 0.29) is 17.8 Å². The van der Waals surface area contributed by atoms with Gasteiger partial charge in [-0.15, -0.1) is 0 Å². The second kappa shape index (κ2) is 8.36. The lowest BCUT2D eigenvalue weighted by molar-refractivity contribution is 0.0927. The molecule has 140 valence electrons. The van der Waals surface area contributed by atoms with Crippen LogP contribution in [0.25, 0.3) is 0 Å². The molecule has 0 bridgehead atoms. The average molecular weight is 367 g/mol. The molecule has 2 aromatic heterocycles. The van der Waals surface area contributed by atoms with E-state index in [1.165, 1.54) is 14.2 Å². The molecule has 8 nitrogen and oxygen atoms in total. The van der Waals surface area contributed by atoms with Crippen LogP contribution in [-0.2, 0) is 0 Å². The molecule has 0 aliphatic carbocycles. The van der Waals surface area contributed by atoms with Crippen LogP contribution >= 0.6 is 0 Å². The highest BCUT2D eigenvalue weighted by Crippen LogP contribution is 2.23. The van der Waals surface area contributed by atoms with Crippen molar-refractivity contribution in [1.82, 2.24) is 15.3 Å². The summed E-state index contributed by atoms with van der Waals surface area (Å²) < 4.78 is 10.3. The Morgan fingerprint density at radius 2 is 2.04 bits per heavy atom. The van der Waals surface area contributed by atoms with Crippen molar-refractivity contribution in [2.24, 2.45) is 0 Å². The normalized spacial score (nSPS) is 14.3. The Labute approximate surface area is 157 Å². The smallest absolute Gasteiger partial charge is 0.256 e. The van der Waals surface area contributed by atoms with Crippen LogP contribution in [0.1, 0.15) is 28.8 Å². The van der Waals surface area contributed by atoms with Crippen molar-refractivity contribution in [3.05, 3.63) is 41.6 Å². The summed E-state index contributed by atoms with van der Waals surface area (Å²) in [6, 6.07) is 9.00. The Balaban J connectivity index is 1.62. The number of nitrogens with one attached hydrogen (secondary N) is 1. The first-order chi connectivity index (χ1) is 13.2. The van der Waals surface area contributed by atoms with Gasteiger partial charge < -0.3 is 19.7 Å². The van der Waals surface area contributed by atoms with Gasteiger partial charge in [0.2, 0.25) is 11.8 Å². The van der Waals surface area contributed by atoms with Crippen LogP contribution in [0.4, 0.5) is 5.82 Å². The number of ether oxygens (including phenoxy) is 2. The van der Waals surface area contributed by atoms with E-state index in [0.717, 1.165) is 12.8 Å². The molecule has 1 aliphatic heterocycles. The molecule has 1 aliphatic rings. The molecule has 8 heteroatoms. The van der Waals surface area contributed by atoms with Crippen molar-refractivity contribution in [1.29, 1.82) is 5.26 Å². The Bertz CT molecular complexity index is 857. The van der Waals surface area contributed by atoms with Crippen LogP contribution in [0.3, 0.4) is 0 Å². The molecule has 1 amide bonds. The Morgan fingerprint density at radius 1 is 1.26 bits per heavy atom. The summed E-state index contributed by atoms with van der Waals surface area (Å²) in [6.07, 6.45) is 3.21. The fraction of sp³-hybridized carbons (Fsp3) is 0.368. The van der Waals surface area contributed by atoms with Gasteiger partial charge in [-0.05, 0) is 31.0 Å². The zero-order valence-electron chi connectivity index (χ0n) is 15.3. The van der Waals surface area contributed by atoms with Gasteiger partial charge in [0.25, 0.3) is 5.91 Å². The standard InChI is InChI=1S/C19H21N5O3/c1-26-16-6-5-15(19(23-16)27-2)18(25)22-14-7-10-24(11-8-14)17-13(12-20)4-3-9-21-17/h3-6,9,14H,7-8,10-11H2,1-2H3,(H,22,25). The SMILES string of the molecule is COc1ccc(C(=O)NC2CCN(c3ncccc3C#N)CC2)c(OC)n1. The second-order valence-corrected chi connectivity index (χ2v) is 6.13. The van der Waals surface area contributed by atoms with Crippen LogP contribution < -0.4 is 19.7 Å². The van der Waals surface area contributed by atoms with E-state index in [9.17, 15) is 10.1 Å². The number of pyridine rings is 2. The maximum atomic E-state index is 12.6. The van der Waals surface area contributed by atoms with E-state index >= 15 is 0 Å². The number of carbonyl (C=O) groups is 1. The highest BCUT2D eigenvalue weighted by Gasteiger charge is 2.24. The van der Waals surface area contributed by atoms with E-state index in [4.69, 9.17) is 9.47 Å². The number of amides is 1. The van der Waals surface area contributed by atoms with Gasteiger partial charge in [-0.25, -0.2) is 4.98 Å². The van der Waals surface area contributed by atoms with Gasteiger partial charge in [0, 0.05) is 31.4 Å². The molecule has 3 rings (SSSR count). The van der Waals surface area contributed by atoms with E-state index < -0.39 is 0 Å². The molecule has 0 spiro atoms. The minimum Gasteiger partial charge on any atom is -0.481 e. The topological polar surface area (TPSA) is 100 Å². The van der Waals surface area contributed by atoms with Crippen LogP contribution in [0.2, 0.25) is 0 Å². The molecule has 27 heavy (non-hydrogen) atoms. The molecule has 2 aromatic rings. The van der Waals surface area contributed by atoms with Gasteiger partial charge in [0.15, 0.2) is 0 Å². The fourth-order valence-corrected chi connectivity index (χ4v) is 3.10. The van der Waals surface area contributed by atoms with Gasteiger partial charge in [0.05, 0.1) is 19.8 Å². The van der Waals surface area contributed by atoms with E-state index in [1.54, 1.807) is 30.5 Å². The van der Waals surface area contributed by atoms with Gasteiger partial charge in [-0.1, -0.05) is 0 Å². The van der Waals surface area contributed by atoms with Crippen LogP contribution in [0.15, 0.2) is 30.5 Å². The Kier molecular flexibility index (Phi) is 5.71. The third-order valence-electron chi connectivity index (χ3n) is 4.52. The third kappa shape index (κ3) is 4.08. The predicted molar refractivity (Wildman–Crippen MR) is 99.0 cm³/mol. The number of piperidine rings is 1. The van der Waals surface area contributed by atoms with Crippen LogP contribution in [0.5, 0.6) is 11.8 Å². The molecule has 3 heterocycles. The number of anilines is 1. The lowest BCUT2D eigenvalue weighted by Crippen LogP contribution is -2.45. The summed E-state index contributed by atoms with van der Waals surface area (Å²) in [5.74, 6) is 1.10. The number of carbonyl (C=O) groups excluding carboxylic acids is 1. The van der Waals surface area contributed by atoms with Crippen molar-refractivity contribution in [3.8, 4) is 17.8 Å². The van der Waals surface area contributed by atoms with Gasteiger partial charge in [-0.3, -0.25) is 4.79 Å². The number of methoxy groups -OCH3 is 2. The van der Waals surface area contributed by atoms with Gasteiger partial charge in [0.1, 0.15) is 17.5 Å².